The number of nitrogens with zero attached hydrogens (tertiary/aromatic N) is 3. The van der Waals surface area contributed by atoms with Crippen LogP contribution in [0.1, 0.15) is 81.6 Å². The Kier molecular flexibility index (Phi) is 28.1. The molecule has 0 radical (unpaired) electrons. The van der Waals surface area contributed by atoms with Gasteiger partial charge in [-0.2, -0.15) is 0 Å². The summed E-state index contributed by atoms with van der Waals surface area (Å²) >= 11 is 18.4. The molecule has 0 aliphatic heterocycles. The van der Waals surface area contributed by atoms with Gasteiger partial charge >= 0.3 is 0 Å². The zero-order valence-corrected chi connectivity index (χ0v) is 26.6. The Bertz CT molecular complexity index is 381. The molecule has 0 aromatic carbocycles. The van der Waals surface area contributed by atoms with Crippen molar-refractivity contribution in [2.75, 3.05) is 60.4 Å². The summed E-state index contributed by atoms with van der Waals surface area (Å²) < 4.78 is 2.95. The smallest absolute Gasteiger partial charge is 0.164 e. The van der Waals surface area contributed by atoms with Crippen LogP contribution in [0.25, 0.3) is 0 Å². The number of halogens is 3. The first-order valence-corrected chi connectivity index (χ1v) is 14.3. The highest BCUT2D eigenvalue weighted by Gasteiger charge is 2.26. The van der Waals surface area contributed by atoms with Gasteiger partial charge in [0.15, 0.2) is 16.5 Å². The van der Waals surface area contributed by atoms with E-state index in [2.05, 4.69) is 83.5 Å². The van der Waals surface area contributed by atoms with Crippen molar-refractivity contribution in [3.05, 3.63) is 0 Å². The zero-order chi connectivity index (χ0) is 28.2. The summed E-state index contributed by atoms with van der Waals surface area (Å²) in [5, 5.41) is 25.2. The number of rotatable bonds is 12. The molecule has 0 saturated carbocycles. The molecule has 3 atom stereocenters. The van der Waals surface area contributed by atoms with Crippen LogP contribution in [0.2, 0.25) is 0 Å². The maximum absolute atomic E-state index is 8.42. The van der Waals surface area contributed by atoms with E-state index in [-0.39, 0.29) is 16.5 Å². The third-order valence-corrected chi connectivity index (χ3v) is 9.71. The topological polar surface area (TPSA) is 69.2 Å². The van der Waals surface area contributed by atoms with Gasteiger partial charge in [-0.1, -0.05) is 55.6 Å². The molecule has 6 nitrogen and oxygen atoms in total. The van der Waals surface area contributed by atoms with Crippen LogP contribution < -0.4 is 15.1 Å². The minimum absolute atomic E-state index is 0.287. The lowest BCUT2D eigenvalue weighted by Crippen LogP contribution is -2.56. The fourth-order valence-corrected chi connectivity index (χ4v) is 4.01. The lowest BCUT2D eigenvalue weighted by molar-refractivity contribution is -0.917. The lowest BCUT2D eigenvalue weighted by Gasteiger charge is -2.36. The maximum Gasteiger partial charge on any atom is 0.164 e. The van der Waals surface area contributed by atoms with Crippen molar-refractivity contribution in [3.63, 3.8) is 0 Å². The van der Waals surface area contributed by atoms with Gasteiger partial charge in [0.05, 0.1) is 60.4 Å². The molecule has 10 heteroatoms. The molecule has 0 bridgehead atoms. The van der Waals surface area contributed by atoms with E-state index in [9.17, 15) is 0 Å². The molecule has 0 spiro atoms. The van der Waals surface area contributed by atoms with Crippen LogP contribution in [-0.4, -0.2) is 97.7 Å². The molecule has 0 aromatic rings. The molecular formula is C24H57BCl3N3O3. The molecule has 210 valence electrons. The number of hydrogen-bond donors (Lipinski definition) is 0. The lowest BCUT2D eigenvalue weighted by atomic mass is 10.3. The summed E-state index contributed by atoms with van der Waals surface area (Å²) in [4.78, 5) is 0. The standard InChI is InChI=1S/3C8H19ClN.BO3/c3*1-5-8(9)10(4,6-2)7-3;2-1(3)4/h3*8H,5-7H2,1-4H3;/q3*+1;-3. The normalized spacial score (nSPS) is 14.3. The molecule has 0 aliphatic rings. The van der Waals surface area contributed by atoms with Crippen LogP contribution in [0.5, 0.6) is 0 Å². The third kappa shape index (κ3) is 18.0. The van der Waals surface area contributed by atoms with E-state index in [0.29, 0.717) is 0 Å². The molecule has 0 aliphatic carbocycles. The fourth-order valence-electron chi connectivity index (χ4n) is 3.18. The van der Waals surface area contributed by atoms with Gasteiger partial charge in [0.25, 0.3) is 0 Å². The molecule has 0 amide bonds. The third-order valence-electron chi connectivity index (χ3n) is 7.37. The summed E-state index contributed by atoms with van der Waals surface area (Å²) in [6.07, 6.45) is 3.17. The fraction of sp³-hybridized carbons (Fsp3) is 1.00. The van der Waals surface area contributed by atoms with Crippen molar-refractivity contribution in [2.45, 2.75) is 98.1 Å². The second-order valence-corrected chi connectivity index (χ2v) is 10.7. The minimum Gasteiger partial charge on any atom is -0.907 e. The second kappa shape index (κ2) is 22.9. The molecule has 3 unspecified atom stereocenters. The highest BCUT2D eigenvalue weighted by Crippen LogP contribution is 2.17. The summed E-state index contributed by atoms with van der Waals surface area (Å²) in [6, 6.07) is 0. The van der Waals surface area contributed by atoms with Gasteiger partial charge in [-0.05, 0) is 41.5 Å². The molecule has 0 saturated heterocycles. The van der Waals surface area contributed by atoms with Crippen LogP contribution in [0.15, 0.2) is 0 Å². The van der Waals surface area contributed by atoms with Gasteiger partial charge in [-0.15, -0.1) is 0 Å². The van der Waals surface area contributed by atoms with E-state index < -0.39 is 7.32 Å². The van der Waals surface area contributed by atoms with Crippen LogP contribution in [0, 0.1) is 0 Å². The van der Waals surface area contributed by atoms with Crippen LogP contribution in [-0.2, 0) is 0 Å². The average Bonchev–Trinajstić information content (AvgIpc) is 2.85. The maximum atomic E-state index is 8.42. The highest BCUT2D eigenvalue weighted by atomic mass is 35.5. The Morgan fingerprint density at radius 2 is 0.588 bits per heavy atom. The van der Waals surface area contributed by atoms with Crippen LogP contribution >= 0.6 is 34.8 Å². The van der Waals surface area contributed by atoms with Crippen molar-refractivity contribution in [1.82, 2.24) is 0 Å². The van der Waals surface area contributed by atoms with E-state index in [1.165, 1.54) is 0 Å². The zero-order valence-electron chi connectivity index (χ0n) is 24.4. The minimum atomic E-state index is -2.92. The quantitative estimate of drug-likeness (QED) is 0.161. The van der Waals surface area contributed by atoms with E-state index in [0.717, 1.165) is 72.0 Å². The Labute approximate surface area is 228 Å². The Morgan fingerprint density at radius 3 is 0.618 bits per heavy atom. The largest absolute Gasteiger partial charge is 0.907 e. The van der Waals surface area contributed by atoms with Crippen molar-refractivity contribution in [3.8, 4) is 0 Å². The van der Waals surface area contributed by atoms with Gasteiger partial charge < -0.3 is 28.5 Å². The average molecular weight is 553 g/mol. The summed E-state index contributed by atoms with van der Waals surface area (Å²) in [7, 11) is 3.71. The van der Waals surface area contributed by atoms with Crippen molar-refractivity contribution in [1.29, 1.82) is 0 Å². The first kappa shape index (κ1) is 41.8. The van der Waals surface area contributed by atoms with Gasteiger partial charge in [-0.25, -0.2) is 0 Å². The number of quaternary nitrogens is 3. The molecular weight excluding hydrogens is 495 g/mol. The summed E-state index contributed by atoms with van der Waals surface area (Å²) in [5.41, 5.74) is 0.861. The van der Waals surface area contributed by atoms with Crippen LogP contribution in [0.4, 0.5) is 0 Å². The molecule has 0 rings (SSSR count). The molecule has 0 aromatic heterocycles. The number of alkyl halides is 3. The molecule has 0 fully saturated rings. The van der Waals surface area contributed by atoms with Gasteiger partial charge in [-0.3, -0.25) is 7.32 Å². The molecule has 34 heavy (non-hydrogen) atoms. The van der Waals surface area contributed by atoms with E-state index >= 15 is 0 Å². The SMILES string of the molecule is CCC(Cl)[N+](C)(CC)CC.CCC(Cl)[N+](C)(CC)CC.CCC(Cl)[N+](C)(CC)CC.[O-]B([O-])[O-]. The van der Waals surface area contributed by atoms with Crippen molar-refractivity contribution < 1.29 is 28.5 Å². The molecule has 0 heterocycles. The Morgan fingerprint density at radius 1 is 0.471 bits per heavy atom. The van der Waals surface area contributed by atoms with E-state index in [1.807, 2.05) is 0 Å². The second-order valence-electron chi connectivity index (χ2n) is 9.15. The monoisotopic (exact) mass is 551 g/mol. The first-order chi connectivity index (χ1) is 15.5. The van der Waals surface area contributed by atoms with Gasteiger partial charge in [0.1, 0.15) is 0 Å². The number of hydrogen-bond acceptors (Lipinski definition) is 3. The predicted octanol–water partition coefficient (Wildman–Crippen LogP) is 3.40. The Balaban J connectivity index is -0.000000184. The predicted molar refractivity (Wildman–Crippen MR) is 147 cm³/mol. The molecule has 0 N–H and O–H groups in total. The summed E-state index contributed by atoms with van der Waals surface area (Å²) in [5.74, 6) is 0. The van der Waals surface area contributed by atoms with Crippen molar-refractivity contribution >= 4 is 42.1 Å². The summed E-state index contributed by atoms with van der Waals surface area (Å²) in [6.45, 7) is 26.3. The van der Waals surface area contributed by atoms with Gasteiger partial charge in [0.2, 0.25) is 0 Å². The van der Waals surface area contributed by atoms with E-state index in [4.69, 9.17) is 49.9 Å². The van der Waals surface area contributed by atoms with E-state index in [1.54, 1.807) is 0 Å². The first-order valence-electron chi connectivity index (χ1n) is 13.0. The Hall–Kier alpha value is 0.695. The highest BCUT2D eigenvalue weighted by molar-refractivity contribution is 6.24. The van der Waals surface area contributed by atoms with Crippen LogP contribution in [0.3, 0.4) is 0 Å². The van der Waals surface area contributed by atoms with Gasteiger partial charge in [0, 0.05) is 19.3 Å². The van der Waals surface area contributed by atoms with Crippen molar-refractivity contribution in [2.24, 2.45) is 0 Å².